The van der Waals surface area contributed by atoms with Gasteiger partial charge in [-0.15, -0.1) is 11.6 Å². The van der Waals surface area contributed by atoms with Gasteiger partial charge in [-0.3, -0.25) is 32.0 Å². The van der Waals surface area contributed by atoms with Gasteiger partial charge in [0.15, 0.2) is 0 Å². The molecule has 0 aliphatic carbocycles. The van der Waals surface area contributed by atoms with Crippen LogP contribution in [0.25, 0.3) is 156 Å². The number of methoxy groups -OCH3 is 1. The number of amides is 3. The molecule has 0 spiro atoms. The third-order valence-electron chi connectivity index (χ3n) is 29.1. The number of aromatic nitrogens is 16. The molecule has 20 aromatic rings. The van der Waals surface area contributed by atoms with Gasteiger partial charge in [0.2, 0.25) is 27.7 Å². The Kier molecular flexibility index (Phi) is 28.5. The van der Waals surface area contributed by atoms with Crippen LogP contribution >= 0.6 is 11.6 Å². The van der Waals surface area contributed by atoms with Gasteiger partial charge >= 0.3 is 0 Å². The zero-order chi connectivity index (χ0) is 102. The Morgan fingerprint density at radius 1 is 0.331 bits per heavy atom. The van der Waals surface area contributed by atoms with Crippen molar-refractivity contribution >= 4 is 128 Å². The maximum Gasteiger partial charge on any atom is 0.248 e. The zero-order valence-corrected chi connectivity index (χ0v) is 84.1. The van der Waals surface area contributed by atoms with Gasteiger partial charge in [0, 0.05) is 208 Å². The lowest BCUT2D eigenvalue weighted by Gasteiger charge is -2.31. The molecule has 148 heavy (non-hydrogen) atoms. The molecule has 0 radical (unpaired) electrons. The van der Waals surface area contributed by atoms with Crippen molar-refractivity contribution in [2.45, 2.75) is 84.0 Å². The van der Waals surface area contributed by atoms with Gasteiger partial charge in [-0.2, -0.15) is 0 Å². The number of likely N-dealkylation sites (tertiary alicyclic amines) is 3. The lowest BCUT2D eigenvalue weighted by Crippen LogP contribution is -2.40. The van der Waals surface area contributed by atoms with E-state index in [-0.39, 0.29) is 30.2 Å². The zero-order valence-electron chi connectivity index (χ0n) is 82.6. The van der Waals surface area contributed by atoms with E-state index in [2.05, 4.69) is 197 Å². The van der Waals surface area contributed by atoms with E-state index in [1.807, 2.05) is 123 Å². The van der Waals surface area contributed by atoms with Crippen molar-refractivity contribution in [1.29, 1.82) is 0 Å². The summed E-state index contributed by atoms with van der Waals surface area (Å²) in [6.45, 7) is 7.43. The molecule has 0 bridgehead atoms. The number of imidazole rings is 4. The monoisotopic (exact) mass is 2000 g/mol. The van der Waals surface area contributed by atoms with Gasteiger partial charge < -0.3 is 42.4 Å². The van der Waals surface area contributed by atoms with E-state index in [9.17, 15) is 22.8 Å². The van der Waals surface area contributed by atoms with Gasteiger partial charge in [-0.05, 0) is 124 Å². The first kappa shape index (κ1) is 97.7. The van der Waals surface area contributed by atoms with E-state index >= 15 is 0 Å². The van der Waals surface area contributed by atoms with Crippen LogP contribution in [0, 0.1) is 23.7 Å². The number of fused-ring (bicyclic) bond motifs is 8. The highest BCUT2D eigenvalue weighted by molar-refractivity contribution is 7.88. The number of alkyl halides is 1. The number of ether oxygens (including phenoxy) is 1. The Hall–Kier alpha value is -16.4. The molecule has 746 valence electrons. The Bertz CT molecular complexity index is 8430. The Balaban J connectivity index is 0.000000116. The van der Waals surface area contributed by atoms with Crippen LogP contribution in [0.5, 0.6) is 0 Å². The summed E-state index contributed by atoms with van der Waals surface area (Å²) >= 11 is 5.74. The number of anilines is 4. The van der Waals surface area contributed by atoms with Crippen molar-refractivity contribution in [3.8, 4) is 90.1 Å². The molecule has 0 saturated carbocycles. The number of hydrogen-bond acceptors (Lipinski definition) is 22. The molecule has 4 aliphatic heterocycles. The van der Waals surface area contributed by atoms with Crippen molar-refractivity contribution in [2.24, 2.45) is 23.7 Å². The van der Waals surface area contributed by atoms with Crippen molar-refractivity contribution in [3.63, 3.8) is 0 Å². The Labute approximate surface area is 861 Å². The fourth-order valence-corrected chi connectivity index (χ4v) is 22.1. The van der Waals surface area contributed by atoms with Crippen molar-refractivity contribution in [2.75, 3.05) is 101 Å². The van der Waals surface area contributed by atoms with Gasteiger partial charge in [0.1, 0.15) is 104 Å². The molecule has 8 aromatic carbocycles. The molecule has 0 atom stereocenters. The molecule has 32 heteroatoms. The van der Waals surface area contributed by atoms with E-state index in [0.717, 1.165) is 295 Å². The van der Waals surface area contributed by atoms with Gasteiger partial charge in [-0.25, -0.2) is 72.5 Å². The molecule has 30 nitrogen and oxygen atoms in total. The lowest BCUT2D eigenvalue weighted by atomic mass is 9.93. The summed E-state index contributed by atoms with van der Waals surface area (Å²) < 4.78 is 38.6. The number of nitrogen functional groups attached to an aromatic ring is 4. The predicted molar refractivity (Wildman–Crippen MR) is 584 cm³/mol. The highest BCUT2D eigenvalue weighted by atomic mass is 35.5. The minimum atomic E-state index is -3.15. The van der Waals surface area contributed by atoms with Gasteiger partial charge in [0.05, 0.1) is 51.1 Å². The van der Waals surface area contributed by atoms with Crippen molar-refractivity contribution in [3.05, 3.63) is 316 Å². The van der Waals surface area contributed by atoms with E-state index in [1.54, 1.807) is 43.1 Å². The Morgan fingerprint density at radius 3 is 0.831 bits per heavy atom. The highest BCUT2D eigenvalue weighted by Crippen LogP contribution is 2.41. The molecule has 4 aliphatic rings. The summed E-state index contributed by atoms with van der Waals surface area (Å²) in [4.78, 5) is 99.0. The smallest absolute Gasteiger partial charge is 0.248 e. The lowest BCUT2D eigenvalue weighted by molar-refractivity contribution is -0.136. The quantitative estimate of drug-likeness (QED) is 0.0515. The largest absolute Gasteiger partial charge is 0.382 e. The summed E-state index contributed by atoms with van der Waals surface area (Å²) in [6.07, 6.45) is 26.3. The molecule has 16 heterocycles. The average Bonchev–Trinajstić information content (AvgIpc) is 1.62. The molecule has 3 amide bonds. The number of piperidine rings is 4. The van der Waals surface area contributed by atoms with Crippen LogP contribution in [0.4, 0.5) is 23.3 Å². The van der Waals surface area contributed by atoms with Crippen molar-refractivity contribution in [1.82, 2.24) is 96.4 Å². The van der Waals surface area contributed by atoms with Crippen LogP contribution in [0.2, 0.25) is 0 Å². The van der Waals surface area contributed by atoms with Crippen LogP contribution < -0.4 is 22.9 Å². The Morgan fingerprint density at radius 2 is 0.581 bits per heavy atom. The standard InChI is InChI=1S/C30H30N6O2.C29H27ClN6O.C29H28N6O.C28H28N6O2S/c1-38-19-27(37)35-14-11-20(12-15-35)17-26-34-28(29-30(31)32-13-16-36(26)29)23-8-7-22-9-10-24(33-25(22)18-23)21-5-3-2-4-6-21;30-18-26(37)35-13-10-19(11-14-35)16-25-34-27(28-29(31)32-12-15-36(25)28)22-7-6-21-8-9-23(33-24(21)17-22)20-4-2-1-3-5-20;1-19(36)34-14-11-20(12-15-34)17-26-33-27(28-29(30)31-13-16-35(26)28)23-8-7-22-9-10-24(32-25(22)18-23)21-5-3-2-4-6-21;1-37(35,36)33-14-11-19(12-15-33)17-25-32-26(27-28(29)30-13-16-34(25)27)22-8-7-21-9-10-23(31-24(21)18-22)20-5-3-2-4-6-20/h2-10,13,16,18,20H,11-12,14-15,17,19H2,1H3,(H2,31,32);1-9,12,15,17,19H,10-11,13-14,16,18H2,(H2,31,32);2-10,13,16,18,20H,11-12,14-15,17H2,1H3,(H2,30,31);2-10,13,16,18-19H,11-12,14-15,17H2,1H3,(H2,29,30). The minimum absolute atomic E-state index is 0.00727. The number of sulfonamides is 1. The number of halogens is 1. The van der Waals surface area contributed by atoms with Crippen LogP contribution in [0.1, 0.15) is 81.6 Å². The maximum absolute atomic E-state index is 12.2. The van der Waals surface area contributed by atoms with Gasteiger partial charge in [-0.1, -0.05) is 194 Å². The minimum Gasteiger partial charge on any atom is -0.382 e. The number of nitrogens with zero attached hydrogens (tertiary/aromatic N) is 20. The van der Waals surface area contributed by atoms with E-state index < -0.39 is 10.0 Å². The summed E-state index contributed by atoms with van der Waals surface area (Å²) in [5.41, 5.74) is 47.4. The molecule has 12 aromatic heterocycles. The number of nitrogens with two attached hydrogens (primary N) is 4. The molecule has 4 saturated heterocycles. The second kappa shape index (κ2) is 43.1. The van der Waals surface area contributed by atoms with Crippen LogP contribution in [0.15, 0.2) is 292 Å². The first-order valence-electron chi connectivity index (χ1n) is 50.3. The van der Waals surface area contributed by atoms with E-state index in [0.29, 0.717) is 60.0 Å². The first-order valence-corrected chi connectivity index (χ1v) is 52.7. The summed E-state index contributed by atoms with van der Waals surface area (Å²) in [5.74, 6) is 7.51. The normalized spacial score (nSPS) is 14.7. The number of carbonyl (C=O) groups is 3. The molecule has 24 rings (SSSR count). The SMILES string of the molecule is CC(=O)N1CCC(Cc2nc(-c3ccc4ccc(-c5ccccc5)nc4c3)c3c(N)nccn23)CC1.COCC(=O)N1CCC(Cc2nc(-c3ccc4ccc(-c5ccccc5)nc4c3)c3c(N)nccn23)CC1.CS(=O)(=O)N1CCC(Cc2nc(-c3ccc4ccc(-c5ccccc5)nc4c3)c3c(N)nccn23)CC1.Nc1nccn2c(CC3CCN(C(=O)CCl)CC3)nc(-c3ccc4ccc(-c5ccccc5)nc4c3)c12. The third kappa shape index (κ3) is 21.1. The summed E-state index contributed by atoms with van der Waals surface area (Å²) in [7, 11) is -1.60. The maximum atomic E-state index is 12.2. The second-order valence-corrected chi connectivity index (χ2v) is 40.8. The molecule has 8 N–H and O–H groups in total. The average molecular weight is 2010 g/mol. The number of pyridine rings is 4. The number of hydrogen-bond donors (Lipinski definition) is 4. The fraction of sp³-hybridized carbons (Fsp3) is 0.250. The third-order valence-corrected chi connectivity index (χ3v) is 30.6. The second-order valence-electron chi connectivity index (χ2n) is 38.6. The van der Waals surface area contributed by atoms with Crippen molar-refractivity contribution < 1.29 is 27.5 Å². The topological polar surface area (TPSA) is 384 Å². The summed E-state index contributed by atoms with van der Waals surface area (Å²) in [6, 6.07) is 82.2. The molecule has 0 unspecified atom stereocenters. The molecular weight excluding hydrogens is 1890 g/mol. The molecule has 4 fully saturated rings. The van der Waals surface area contributed by atoms with Gasteiger partial charge in [0.25, 0.3) is 0 Å². The number of rotatable bonds is 20. The summed E-state index contributed by atoms with van der Waals surface area (Å²) in [5, 5.41) is 4.26. The molecular formula is C116H113ClN24O6S. The predicted octanol–water partition coefficient (Wildman–Crippen LogP) is 19.2. The van der Waals surface area contributed by atoms with Crippen LogP contribution in [0.3, 0.4) is 0 Å². The number of benzene rings is 8. The van der Waals surface area contributed by atoms with Crippen LogP contribution in [-0.2, 0) is 54.8 Å². The first-order chi connectivity index (χ1) is 72.1. The fourth-order valence-electron chi connectivity index (χ4n) is 21.0. The van der Waals surface area contributed by atoms with E-state index in [4.69, 9.17) is 79.1 Å². The van der Waals surface area contributed by atoms with Crippen LogP contribution in [-0.4, -0.2) is 201 Å². The highest BCUT2D eigenvalue weighted by Gasteiger charge is 2.33. The number of carbonyl (C=O) groups excluding carboxylic acids is 3. The van der Waals surface area contributed by atoms with E-state index in [1.165, 1.54) is 6.26 Å².